The highest BCUT2D eigenvalue weighted by atomic mass is 19.4. The van der Waals surface area contributed by atoms with Gasteiger partial charge in [0.25, 0.3) is 0 Å². The Morgan fingerprint density at radius 3 is 2.52 bits per heavy atom. The Hall–Kier alpha value is -2.50. The van der Waals surface area contributed by atoms with E-state index in [2.05, 4.69) is 4.98 Å². The van der Waals surface area contributed by atoms with E-state index in [-0.39, 0.29) is 6.54 Å². The fraction of sp³-hybridized carbons (Fsp3) is 0.316. The van der Waals surface area contributed by atoms with E-state index in [1.807, 2.05) is 32.0 Å². The minimum Gasteiger partial charge on any atom is -0.494 e. The topological polar surface area (TPSA) is 27.1 Å². The summed E-state index contributed by atoms with van der Waals surface area (Å²) in [4.78, 5) is 3.74. The van der Waals surface area contributed by atoms with E-state index >= 15 is 0 Å². The second-order valence-electron chi connectivity index (χ2n) is 6.02. The predicted molar refractivity (Wildman–Crippen MR) is 90.8 cm³/mol. The van der Waals surface area contributed by atoms with Gasteiger partial charge in [0.15, 0.2) is 0 Å². The number of hydrogen-bond acceptors (Lipinski definition) is 2. The lowest BCUT2D eigenvalue weighted by Gasteiger charge is -2.12. The van der Waals surface area contributed by atoms with Gasteiger partial charge in [-0.1, -0.05) is 18.2 Å². The van der Waals surface area contributed by atoms with E-state index < -0.39 is 12.0 Å². The maximum atomic E-state index is 13.2. The Bertz CT molecular complexity index is 884. The molecule has 0 amide bonds. The number of para-hydroxylation sites is 2. The Morgan fingerprint density at radius 2 is 1.80 bits per heavy atom. The standard InChI is InChI=1S/C19H19F3N2O/c1-13-8-9-15(12-14(13)2)25-11-5-10-24-17-7-4-3-6-16(17)23-18(24)19(20,21)22/h3-4,6-9,12H,5,10-11H2,1-2H3. The Morgan fingerprint density at radius 1 is 1.04 bits per heavy atom. The van der Waals surface area contributed by atoms with E-state index in [0.717, 1.165) is 11.3 Å². The van der Waals surface area contributed by atoms with Crippen LogP contribution in [0, 0.1) is 13.8 Å². The molecule has 0 bridgehead atoms. The molecule has 0 spiro atoms. The molecule has 0 fully saturated rings. The normalized spacial score (nSPS) is 11.9. The van der Waals surface area contributed by atoms with Crippen molar-refractivity contribution in [3.8, 4) is 5.75 Å². The zero-order valence-electron chi connectivity index (χ0n) is 14.1. The summed E-state index contributed by atoms with van der Waals surface area (Å²) < 4.78 is 46.6. The van der Waals surface area contributed by atoms with Crippen LogP contribution in [-0.2, 0) is 12.7 Å². The van der Waals surface area contributed by atoms with Crippen LogP contribution >= 0.6 is 0 Å². The summed E-state index contributed by atoms with van der Waals surface area (Å²) in [6.07, 6.45) is -4.02. The molecule has 0 saturated carbocycles. The van der Waals surface area contributed by atoms with Crippen molar-refractivity contribution in [2.75, 3.05) is 6.61 Å². The van der Waals surface area contributed by atoms with Gasteiger partial charge in [0.05, 0.1) is 17.6 Å². The largest absolute Gasteiger partial charge is 0.494 e. The molecule has 0 N–H and O–H groups in total. The highest BCUT2D eigenvalue weighted by molar-refractivity contribution is 5.76. The second kappa shape index (κ2) is 6.78. The highest BCUT2D eigenvalue weighted by Crippen LogP contribution is 2.31. The molecule has 0 aliphatic carbocycles. The lowest BCUT2D eigenvalue weighted by atomic mass is 10.1. The van der Waals surface area contributed by atoms with Crippen molar-refractivity contribution < 1.29 is 17.9 Å². The van der Waals surface area contributed by atoms with Crippen LogP contribution in [0.15, 0.2) is 42.5 Å². The molecule has 3 nitrogen and oxygen atoms in total. The third-order valence-electron chi connectivity index (χ3n) is 4.18. The first kappa shape index (κ1) is 17.3. The fourth-order valence-corrected chi connectivity index (χ4v) is 2.73. The lowest BCUT2D eigenvalue weighted by molar-refractivity contribution is -0.147. The van der Waals surface area contributed by atoms with Crippen LogP contribution < -0.4 is 4.74 Å². The summed E-state index contributed by atoms with van der Waals surface area (Å²) in [6.45, 7) is 4.55. The van der Waals surface area contributed by atoms with Gasteiger partial charge in [-0.05, 0) is 55.7 Å². The quantitative estimate of drug-likeness (QED) is 0.597. The molecule has 0 atom stereocenters. The number of imidazole rings is 1. The van der Waals surface area contributed by atoms with Gasteiger partial charge in [0.2, 0.25) is 5.82 Å². The smallest absolute Gasteiger partial charge is 0.449 e. The molecule has 3 rings (SSSR count). The average molecular weight is 348 g/mol. The van der Waals surface area contributed by atoms with Crippen LogP contribution in [0.5, 0.6) is 5.75 Å². The fourth-order valence-electron chi connectivity index (χ4n) is 2.73. The number of rotatable bonds is 5. The van der Waals surface area contributed by atoms with Gasteiger partial charge in [0, 0.05) is 6.54 Å². The number of ether oxygens (including phenoxy) is 1. The van der Waals surface area contributed by atoms with Gasteiger partial charge in [-0.2, -0.15) is 13.2 Å². The molecule has 0 radical (unpaired) electrons. The van der Waals surface area contributed by atoms with Crippen molar-refractivity contribution in [2.45, 2.75) is 33.0 Å². The molecule has 0 unspecified atom stereocenters. The van der Waals surface area contributed by atoms with Gasteiger partial charge >= 0.3 is 6.18 Å². The molecule has 2 aromatic carbocycles. The number of halogens is 3. The summed E-state index contributed by atoms with van der Waals surface area (Å²) in [5.74, 6) is -0.130. The predicted octanol–water partition coefficient (Wildman–Crippen LogP) is 5.14. The first-order valence-electron chi connectivity index (χ1n) is 8.09. The van der Waals surface area contributed by atoms with Gasteiger partial charge < -0.3 is 9.30 Å². The monoisotopic (exact) mass is 348 g/mol. The number of nitrogens with zero attached hydrogens (tertiary/aromatic N) is 2. The zero-order chi connectivity index (χ0) is 18.0. The number of benzene rings is 2. The Labute approximate surface area is 144 Å². The zero-order valence-corrected chi connectivity index (χ0v) is 14.1. The summed E-state index contributed by atoms with van der Waals surface area (Å²) in [6, 6.07) is 12.4. The van der Waals surface area contributed by atoms with Crippen LogP contribution in [0.3, 0.4) is 0 Å². The molecule has 0 aliphatic heterocycles. The summed E-state index contributed by atoms with van der Waals surface area (Å²) in [5.41, 5.74) is 3.13. The van der Waals surface area contributed by atoms with Crippen molar-refractivity contribution in [1.82, 2.24) is 9.55 Å². The van der Waals surface area contributed by atoms with E-state index in [9.17, 15) is 13.2 Å². The molecular weight excluding hydrogens is 329 g/mol. The first-order chi connectivity index (χ1) is 11.9. The van der Waals surface area contributed by atoms with Crippen molar-refractivity contribution >= 4 is 11.0 Å². The van der Waals surface area contributed by atoms with Gasteiger partial charge in [-0.3, -0.25) is 0 Å². The van der Waals surface area contributed by atoms with Crippen molar-refractivity contribution in [1.29, 1.82) is 0 Å². The maximum Gasteiger partial charge on any atom is 0.449 e. The lowest BCUT2D eigenvalue weighted by Crippen LogP contribution is -2.16. The van der Waals surface area contributed by atoms with Crippen LogP contribution in [0.2, 0.25) is 0 Å². The van der Waals surface area contributed by atoms with Gasteiger partial charge in [-0.15, -0.1) is 0 Å². The van der Waals surface area contributed by atoms with Gasteiger partial charge in [-0.25, -0.2) is 4.98 Å². The minimum absolute atomic E-state index is 0.195. The molecule has 1 heterocycles. The third-order valence-corrected chi connectivity index (χ3v) is 4.18. The van der Waals surface area contributed by atoms with Crippen LogP contribution in [0.25, 0.3) is 11.0 Å². The van der Waals surface area contributed by atoms with Crippen LogP contribution in [0.4, 0.5) is 13.2 Å². The molecule has 132 valence electrons. The van der Waals surface area contributed by atoms with E-state index in [1.54, 1.807) is 24.3 Å². The van der Waals surface area contributed by atoms with Crippen LogP contribution in [-0.4, -0.2) is 16.2 Å². The van der Waals surface area contributed by atoms with Crippen molar-refractivity contribution in [3.05, 3.63) is 59.4 Å². The number of hydrogen-bond donors (Lipinski definition) is 0. The second-order valence-corrected chi connectivity index (χ2v) is 6.02. The molecule has 3 aromatic rings. The number of aryl methyl sites for hydroxylation is 3. The number of fused-ring (bicyclic) bond motifs is 1. The average Bonchev–Trinajstić information content (AvgIpc) is 2.94. The van der Waals surface area contributed by atoms with E-state index in [1.165, 1.54) is 10.1 Å². The molecule has 6 heteroatoms. The molecule has 1 aromatic heterocycles. The van der Waals surface area contributed by atoms with E-state index in [4.69, 9.17) is 4.74 Å². The molecular formula is C19H19F3N2O. The minimum atomic E-state index is -4.48. The first-order valence-corrected chi connectivity index (χ1v) is 8.09. The Balaban J connectivity index is 1.71. The Kier molecular flexibility index (Phi) is 4.70. The number of alkyl halides is 3. The summed E-state index contributed by atoms with van der Waals surface area (Å²) >= 11 is 0. The van der Waals surface area contributed by atoms with Gasteiger partial charge in [0.1, 0.15) is 5.75 Å². The number of aromatic nitrogens is 2. The third kappa shape index (κ3) is 3.78. The summed E-state index contributed by atoms with van der Waals surface area (Å²) in [7, 11) is 0. The van der Waals surface area contributed by atoms with Crippen LogP contribution in [0.1, 0.15) is 23.4 Å². The highest BCUT2D eigenvalue weighted by Gasteiger charge is 2.37. The van der Waals surface area contributed by atoms with E-state index in [0.29, 0.717) is 24.1 Å². The van der Waals surface area contributed by atoms with Crippen molar-refractivity contribution in [2.24, 2.45) is 0 Å². The molecule has 25 heavy (non-hydrogen) atoms. The molecule has 0 saturated heterocycles. The molecule has 0 aliphatic rings. The maximum absolute atomic E-state index is 13.2. The van der Waals surface area contributed by atoms with Crippen molar-refractivity contribution in [3.63, 3.8) is 0 Å². The summed E-state index contributed by atoms with van der Waals surface area (Å²) in [5, 5.41) is 0. The SMILES string of the molecule is Cc1ccc(OCCCn2c(C(F)(F)F)nc3ccccc32)cc1C.